The summed E-state index contributed by atoms with van der Waals surface area (Å²) in [7, 11) is 1.71. The van der Waals surface area contributed by atoms with E-state index in [4.69, 9.17) is 4.74 Å². The van der Waals surface area contributed by atoms with Gasteiger partial charge in [0.15, 0.2) is 0 Å². The molecule has 1 fully saturated rings. The Balaban J connectivity index is 1.97. The van der Waals surface area contributed by atoms with Gasteiger partial charge in [-0.25, -0.2) is 0 Å². The van der Waals surface area contributed by atoms with E-state index in [1.54, 1.807) is 18.4 Å². The molecule has 1 aliphatic heterocycles. The van der Waals surface area contributed by atoms with Crippen molar-refractivity contribution in [3.05, 3.63) is 57.3 Å². The van der Waals surface area contributed by atoms with E-state index in [-0.39, 0.29) is 5.92 Å². The number of aliphatic hydroxyl groups is 1. The van der Waals surface area contributed by atoms with Gasteiger partial charge in [0, 0.05) is 5.56 Å². The molecule has 0 radical (unpaired) electrons. The summed E-state index contributed by atoms with van der Waals surface area (Å²) in [5.74, 6) is 3.35. The van der Waals surface area contributed by atoms with Crippen LogP contribution in [-0.4, -0.2) is 23.7 Å². The van der Waals surface area contributed by atoms with Crippen LogP contribution < -0.4 is 0 Å². The van der Waals surface area contributed by atoms with Gasteiger partial charge < -0.3 is 9.84 Å². The number of methoxy groups -OCH3 is 1. The molecule has 120 valence electrons. The molecule has 2 nitrogen and oxygen atoms in total. The van der Waals surface area contributed by atoms with Gasteiger partial charge in [-0.15, -0.1) is 11.3 Å². The lowest BCUT2D eigenvalue weighted by atomic mass is 9.73. The Morgan fingerprint density at radius 2 is 1.91 bits per heavy atom. The summed E-state index contributed by atoms with van der Waals surface area (Å²) in [4.78, 5) is 1.06. The lowest BCUT2D eigenvalue weighted by Crippen LogP contribution is -2.39. The molecule has 0 unspecified atom stereocenters. The summed E-state index contributed by atoms with van der Waals surface area (Å²) in [6.07, 6.45) is 4.17. The van der Waals surface area contributed by atoms with Crippen molar-refractivity contribution >= 4 is 34.9 Å². The molecule has 1 atom stereocenters. The van der Waals surface area contributed by atoms with Crippen LogP contribution in [0.1, 0.15) is 34.4 Å². The predicted octanol–water partition coefficient (Wildman–Crippen LogP) is 4.59. The van der Waals surface area contributed by atoms with Crippen molar-refractivity contribution in [2.45, 2.75) is 18.4 Å². The van der Waals surface area contributed by atoms with E-state index < -0.39 is 5.60 Å². The van der Waals surface area contributed by atoms with Gasteiger partial charge in [-0.05, 0) is 58.9 Å². The van der Waals surface area contributed by atoms with E-state index in [1.807, 2.05) is 23.9 Å². The molecular weight excluding hydrogens is 324 g/mol. The van der Waals surface area contributed by atoms with Gasteiger partial charge in [-0.1, -0.05) is 24.3 Å². The molecule has 2 heterocycles. The third-order valence-corrected chi connectivity index (χ3v) is 6.97. The predicted molar refractivity (Wildman–Crippen MR) is 98.7 cm³/mol. The largest absolute Gasteiger partial charge is 0.495 e. The Kier molecular flexibility index (Phi) is 4.00. The van der Waals surface area contributed by atoms with Crippen LogP contribution in [0.3, 0.4) is 0 Å². The third-order valence-electron chi connectivity index (χ3n) is 4.99. The summed E-state index contributed by atoms with van der Waals surface area (Å²) < 4.78 is 5.65. The normalized spacial score (nSPS) is 24.3. The molecule has 1 N–H and O–H groups in total. The number of hydrogen-bond acceptors (Lipinski definition) is 4. The molecule has 1 aromatic heterocycles. The standard InChI is InChI=1S/C19H20O2S2/c1-21-17-12-13-4-2-3-5-15(13)19(20,14-6-9-22-10-7-14)16-8-11-23-18(16)17/h2-5,8,11-12,14,20H,6-7,9-10H2,1H3/t19-/m1/s1. The van der Waals surface area contributed by atoms with Gasteiger partial charge >= 0.3 is 0 Å². The number of fused-ring (bicyclic) bond motifs is 2. The fourth-order valence-corrected chi connectivity index (χ4v) is 5.88. The molecule has 4 heteroatoms. The van der Waals surface area contributed by atoms with Crippen LogP contribution in [0.15, 0.2) is 35.7 Å². The Morgan fingerprint density at radius 1 is 1.13 bits per heavy atom. The van der Waals surface area contributed by atoms with Gasteiger partial charge in [0.05, 0.1) is 12.0 Å². The lowest BCUT2D eigenvalue weighted by Gasteiger charge is -2.39. The second-order valence-corrected chi connectivity index (χ2v) is 8.26. The van der Waals surface area contributed by atoms with Crippen molar-refractivity contribution in [1.82, 2.24) is 0 Å². The van der Waals surface area contributed by atoms with Gasteiger partial charge in [0.25, 0.3) is 0 Å². The maximum absolute atomic E-state index is 12.0. The zero-order valence-electron chi connectivity index (χ0n) is 13.1. The van der Waals surface area contributed by atoms with Crippen LogP contribution in [-0.2, 0) is 10.3 Å². The molecule has 0 bridgehead atoms. The number of thiophene rings is 1. The molecule has 0 amide bonds. The van der Waals surface area contributed by atoms with E-state index in [0.717, 1.165) is 51.7 Å². The van der Waals surface area contributed by atoms with Crippen molar-refractivity contribution in [2.75, 3.05) is 18.6 Å². The molecule has 1 aliphatic carbocycles. The quantitative estimate of drug-likeness (QED) is 0.864. The number of benzene rings is 1. The van der Waals surface area contributed by atoms with E-state index in [2.05, 4.69) is 29.7 Å². The minimum atomic E-state index is -0.927. The smallest absolute Gasteiger partial charge is 0.137 e. The Morgan fingerprint density at radius 3 is 2.70 bits per heavy atom. The first-order valence-electron chi connectivity index (χ1n) is 7.99. The lowest BCUT2D eigenvalue weighted by molar-refractivity contribution is 0.0122. The highest BCUT2D eigenvalue weighted by molar-refractivity contribution is 7.99. The van der Waals surface area contributed by atoms with E-state index >= 15 is 0 Å². The van der Waals surface area contributed by atoms with Crippen LogP contribution in [0, 0.1) is 5.92 Å². The molecule has 2 aromatic rings. The van der Waals surface area contributed by atoms with Crippen LogP contribution in [0.2, 0.25) is 0 Å². The van der Waals surface area contributed by atoms with Gasteiger partial charge in [0.1, 0.15) is 11.4 Å². The van der Waals surface area contributed by atoms with Crippen molar-refractivity contribution in [3.8, 4) is 0 Å². The second kappa shape index (κ2) is 6.00. The fraction of sp³-hybridized carbons (Fsp3) is 0.368. The number of ether oxygens (including phenoxy) is 1. The first-order valence-corrected chi connectivity index (χ1v) is 10.0. The average molecular weight is 345 g/mol. The molecular formula is C19H20O2S2. The molecule has 2 aliphatic rings. The number of thioether (sulfide) groups is 1. The molecule has 4 rings (SSSR count). The minimum absolute atomic E-state index is 0.253. The third kappa shape index (κ3) is 2.35. The Hall–Kier alpha value is -1.23. The molecule has 0 saturated carbocycles. The number of hydrogen-bond donors (Lipinski definition) is 1. The second-order valence-electron chi connectivity index (χ2n) is 6.12. The van der Waals surface area contributed by atoms with Crippen LogP contribution in [0.4, 0.5) is 0 Å². The first kappa shape index (κ1) is 15.3. The van der Waals surface area contributed by atoms with E-state index in [9.17, 15) is 5.11 Å². The zero-order chi connectivity index (χ0) is 15.9. The SMILES string of the molecule is COC1=Cc2ccccc2[C@](O)(C2CCSCC2)c2ccsc21. The van der Waals surface area contributed by atoms with Crippen LogP contribution in [0.25, 0.3) is 11.8 Å². The highest BCUT2D eigenvalue weighted by atomic mass is 32.2. The van der Waals surface area contributed by atoms with Crippen molar-refractivity contribution in [2.24, 2.45) is 5.92 Å². The molecule has 23 heavy (non-hydrogen) atoms. The Labute approximate surface area is 145 Å². The maximum Gasteiger partial charge on any atom is 0.137 e. The van der Waals surface area contributed by atoms with Gasteiger partial charge in [0.2, 0.25) is 0 Å². The average Bonchev–Trinajstić information content (AvgIpc) is 3.07. The summed E-state index contributed by atoms with van der Waals surface area (Å²) in [6.45, 7) is 0. The van der Waals surface area contributed by atoms with Crippen molar-refractivity contribution in [3.63, 3.8) is 0 Å². The highest BCUT2D eigenvalue weighted by Crippen LogP contribution is 2.50. The first-order chi connectivity index (χ1) is 11.2. The number of rotatable bonds is 2. The van der Waals surface area contributed by atoms with E-state index in [1.165, 1.54) is 0 Å². The monoisotopic (exact) mass is 344 g/mol. The van der Waals surface area contributed by atoms with Gasteiger partial charge in [-0.2, -0.15) is 11.8 Å². The summed E-state index contributed by atoms with van der Waals surface area (Å²) in [5.41, 5.74) is 2.17. The summed E-state index contributed by atoms with van der Waals surface area (Å²) in [6, 6.07) is 10.3. The maximum atomic E-state index is 12.0. The molecule has 1 saturated heterocycles. The molecule has 1 aromatic carbocycles. The van der Waals surface area contributed by atoms with Gasteiger partial charge in [-0.3, -0.25) is 0 Å². The highest BCUT2D eigenvalue weighted by Gasteiger charge is 2.45. The van der Waals surface area contributed by atoms with Crippen molar-refractivity contribution in [1.29, 1.82) is 0 Å². The molecule has 0 spiro atoms. The van der Waals surface area contributed by atoms with Crippen LogP contribution in [0.5, 0.6) is 0 Å². The summed E-state index contributed by atoms with van der Waals surface area (Å²) in [5, 5.41) is 14.1. The van der Waals surface area contributed by atoms with Crippen LogP contribution >= 0.6 is 23.1 Å². The minimum Gasteiger partial charge on any atom is -0.495 e. The zero-order valence-corrected chi connectivity index (χ0v) is 14.8. The topological polar surface area (TPSA) is 29.5 Å². The van der Waals surface area contributed by atoms with Crippen molar-refractivity contribution < 1.29 is 9.84 Å². The Bertz CT molecular complexity index is 743. The van der Waals surface area contributed by atoms with E-state index in [0.29, 0.717) is 0 Å². The summed E-state index contributed by atoms with van der Waals surface area (Å²) >= 11 is 3.64. The fourth-order valence-electron chi connectivity index (χ4n) is 3.83.